The van der Waals surface area contributed by atoms with Crippen LogP contribution in [0.15, 0.2) is 0 Å². The highest BCUT2D eigenvalue weighted by Gasteiger charge is 2.54. The van der Waals surface area contributed by atoms with Gasteiger partial charge in [-0.3, -0.25) is 0 Å². The number of hydrogen-bond acceptors (Lipinski definition) is 0. The van der Waals surface area contributed by atoms with Crippen molar-refractivity contribution in [2.24, 2.45) is 177 Å². The number of rotatable bonds is 4. The average molecular weight is 1340 g/mol. The molecule has 96 heavy (non-hydrogen) atoms. The van der Waals surface area contributed by atoms with E-state index in [4.69, 9.17) is 0 Å². The van der Waals surface area contributed by atoms with Crippen LogP contribution < -0.4 is 0 Å². The SMILES string of the molecule is CC(C)C1C(C)(C)CCC1(C)C.CC1C2CCC(CC2)[C@H]1C.CCC1(C)CC(C)(C)C(C)(C)C1.CCC1C(C)(C)CCC1(C)C.CCC1CC(C)(C)C(C)(C)C1.C[C@@H]1C2CCC(C2)C1(C)C.C[C@@H]1C2CCC(CC2)C1(C)C.C[C@H]1CC2CCC1(C)CC2.C[C@H]1CC2CCC1CC2. The van der Waals surface area contributed by atoms with Crippen molar-refractivity contribution in [3.05, 3.63) is 0 Å². The summed E-state index contributed by atoms with van der Waals surface area (Å²) in [6, 6.07) is 0. The van der Waals surface area contributed by atoms with E-state index < -0.39 is 0 Å². The van der Waals surface area contributed by atoms with E-state index in [-0.39, 0.29) is 0 Å². The second-order valence-electron chi connectivity index (χ2n) is 46.6. The Balaban J connectivity index is 0.000000171. The van der Waals surface area contributed by atoms with Gasteiger partial charge in [-0.05, 0) is 351 Å². The van der Waals surface area contributed by atoms with Crippen molar-refractivity contribution in [2.45, 2.75) is 434 Å². The summed E-state index contributed by atoms with van der Waals surface area (Å²) >= 11 is 0. The molecule has 10 bridgehead atoms. The molecule has 0 nitrogen and oxygen atoms in total. The van der Waals surface area contributed by atoms with Crippen molar-refractivity contribution in [3.8, 4) is 0 Å². The molecule has 0 aromatic heterocycles. The lowest BCUT2D eigenvalue weighted by Gasteiger charge is -2.53. The Hall–Kier alpha value is 0. The fraction of sp³-hybridized carbons (Fsp3) is 1.00. The first-order chi connectivity index (χ1) is 43.9. The Morgan fingerprint density at radius 3 is 0.938 bits per heavy atom. The van der Waals surface area contributed by atoms with Gasteiger partial charge in [0.2, 0.25) is 0 Å². The minimum atomic E-state index is 0.526. The second-order valence-corrected chi connectivity index (χ2v) is 46.6. The van der Waals surface area contributed by atoms with Gasteiger partial charge in [0.05, 0.1) is 0 Å². The topological polar surface area (TPSA) is 0 Å². The highest BCUT2D eigenvalue weighted by molar-refractivity contribution is 5.04. The number of hydrogen-bond donors (Lipinski definition) is 0. The van der Waals surface area contributed by atoms with E-state index in [9.17, 15) is 0 Å². The summed E-state index contributed by atoms with van der Waals surface area (Å²) in [7, 11) is 0. The maximum absolute atomic E-state index is 2.49. The molecule has 0 radical (unpaired) electrons. The third-order valence-corrected chi connectivity index (χ3v) is 36.7. The molecule has 18 saturated carbocycles. The summed E-state index contributed by atoms with van der Waals surface area (Å²) in [4.78, 5) is 0. The van der Waals surface area contributed by atoms with Crippen LogP contribution >= 0.6 is 0 Å². The Bertz CT molecular complexity index is 2190. The van der Waals surface area contributed by atoms with Crippen molar-refractivity contribution in [3.63, 3.8) is 0 Å². The van der Waals surface area contributed by atoms with Crippen LogP contribution in [-0.2, 0) is 0 Å². The summed E-state index contributed by atoms with van der Waals surface area (Å²) in [6.45, 7) is 80.1. The molecule has 566 valence electrons. The molecule has 0 heterocycles. The van der Waals surface area contributed by atoms with Crippen LogP contribution in [0.3, 0.4) is 0 Å². The first-order valence-electron chi connectivity index (χ1n) is 43.9. The van der Waals surface area contributed by atoms with E-state index in [0.717, 1.165) is 118 Å². The zero-order chi connectivity index (χ0) is 72.6. The van der Waals surface area contributed by atoms with E-state index in [1.807, 2.05) is 0 Å². The summed E-state index contributed by atoms with van der Waals surface area (Å²) in [5, 5.41) is 0. The van der Waals surface area contributed by atoms with Crippen molar-refractivity contribution >= 4 is 0 Å². The van der Waals surface area contributed by atoms with Crippen molar-refractivity contribution in [2.75, 3.05) is 0 Å². The molecule has 18 fully saturated rings. The Labute approximate surface area is 607 Å². The molecule has 8 atom stereocenters. The summed E-state index contributed by atoms with van der Waals surface area (Å²) < 4.78 is 0. The predicted octanol–water partition coefficient (Wildman–Crippen LogP) is 31.8. The van der Waals surface area contributed by atoms with Gasteiger partial charge in [0.15, 0.2) is 0 Å². The monoisotopic (exact) mass is 1340 g/mol. The minimum Gasteiger partial charge on any atom is -0.0651 e. The van der Waals surface area contributed by atoms with Gasteiger partial charge in [-0.15, -0.1) is 0 Å². The standard InChI is InChI=1S/2C12H24.C11H20.2C11H22.3C10H18.C9H16/c1-9(2)10-11(3,4)7-8-12(10,5)6;1-7-12(6)8-10(2,3)11(4,5)9-12;1-8-9-4-6-10(7-5-9)11(8,2)3;1-6-9-7-10(2,3)11(4,5)8-9;1-6-9-10(2,3)7-8-11(9,4)5;1-7-8-4-5-9(6-8)10(7,2)3;1-8-7-9-3-5-10(8,2)6-4-9;1-7-8(2)10-5-3-9(7)4-6-10;1-7-6-8-2-4-9(7)5-3-8/h9-10H,7-8H2,1-6H3;7-9H2,1-6H3;8-10H,4-7H2,1-3H3;2*9H,6-8H2,1-5H3;7-9H,4-6H2,1-3H3;8-9H,3-7H2,1-2H3;7-10H,3-6H2,1-2H3;7-9H,2-6H2,1H3/t;;8-,9?,10?;;;7-,8?,9?;8-,9?,10?;7-,8?,9?,10?;7-,8?,9?/m..1..1000/s1. The largest absolute Gasteiger partial charge is 0.0651 e. The molecule has 18 rings (SSSR count). The Kier molecular flexibility index (Phi) is 28.7. The quantitative estimate of drug-likeness (QED) is 0.263. The molecule has 0 aromatic carbocycles. The molecule has 0 aromatic rings. The second kappa shape index (κ2) is 32.4. The zero-order valence-corrected chi connectivity index (χ0v) is 72.6. The van der Waals surface area contributed by atoms with Crippen LogP contribution in [0.1, 0.15) is 434 Å². The molecule has 0 heteroatoms. The molecule has 0 spiro atoms. The minimum absolute atomic E-state index is 0.526. The maximum atomic E-state index is 2.49. The first-order valence-corrected chi connectivity index (χ1v) is 43.9. The van der Waals surface area contributed by atoms with Gasteiger partial charge in [-0.2, -0.15) is 0 Å². The highest BCUT2D eigenvalue weighted by atomic mass is 14.6. The van der Waals surface area contributed by atoms with E-state index in [1.54, 1.807) is 32.1 Å². The van der Waals surface area contributed by atoms with E-state index in [2.05, 4.69) is 228 Å². The average Bonchev–Trinajstić information content (AvgIpc) is 1.68. The van der Waals surface area contributed by atoms with Crippen LogP contribution in [0.2, 0.25) is 0 Å². The van der Waals surface area contributed by atoms with Crippen molar-refractivity contribution in [1.29, 1.82) is 0 Å². The van der Waals surface area contributed by atoms with Gasteiger partial charge < -0.3 is 0 Å². The molecule has 0 N–H and O–H groups in total. The molecule has 18 aliphatic carbocycles. The smallest absolute Gasteiger partial charge is 0.0288 e. The van der Waals surface area contributed by atoms with Gasteiger partial charge in [-0.1, -0.05) is 261 Å². The third-order valence-electron chi connectivity index (χ3n) is 36.7. The van der Waals surface area contributed by atoms with Gasteiger partial charge in [0, 0.05) is 0 Å². The van der Waals surface area contributed by atoms with Gasteiger partial charge >= 0.3 is 0 Å². The van der Waals surface area contributed by atoms with Gasteiger partial charge in [0.1, 0.15) is 0 Å². The van der Waals surface area contributed by atoms with Crippen LogP contribution in [-0.4, -0.2) is 0 Å². The summed E-state index contributed by atoms with van der Waals surface area (Å²) in [5.41, 5.74) is 7.18. The molecule has 3 unspecified atom stereocenters. The molecule has 18 aliphatic rings. The van der Waals surface area contributed by atoms with Crippen LogP contribution in [0.5, 0.6) is 0 Å². The first kappa shape index (κ1) is 84.9. The van der Waals surface area contributed by atoms with Crippen LogP contribution in [0.4, 0.5) is 0 Å². The summed E-state index contributed by atoms with van der Waals surface area (Å²) in [5.74, 6) is 19.6. The molecular formula is C96H182. The Morgan fingerprint density at radius 1 is 0.344 bits per heavy atom. The van der Waals surface area contributed by atoms with Gasteiger partial charge in [-0.25, -0.2) is 0 Å². The molecule has 0 saturated heterocycles. The zero-order valence-electron chi connectivity index (χ0n) is 72.6. The van der Waals surface area contributed by atoms with E-state index in [1.165, 1.54) is 173 Å². The molecule has 0 amide bonds. The third kappa shape index (κ3) is 19.9. The van der Waals surface area contributed by atoms with Crippen LogP contribution in [0, 0.1) is 177 Å². The van der Waals surface area contributed by atoms with Crippen molar-refractivity contribution < 1.29 is 0 Å². The van der Waals surface area contributed by atoms with Crippen LogP contribution in [0.25, 0.3) is 0 Å². The lowest BCUT2D eigenvalue weighted by Crippen LogP contribution is -2.44. The molecular weight excluding hydrogens is 1150 g/mol. The normalized spacial score (nSPS) is 40.5. The molecule has 0 aliphatic heterocycles. The lowest BCUT2D eigenvalue weighted by atomic mass is 9.52. The fourth-order valence-corrected chi connectivity index (χ4v) is 27.3. The maximum Gasteiger partial charge on any atom is -0.0288 e. The van der Waals surface area contributed by atoms with Crippen molar-refractivity contribution in [1.82, 2.24) is 0 Å². The predicted molar refractivity (Wildman–Crippen MR) is 430 cm³/mol. The fourth-order valence-electron chi connectivity index (χ4n) is 27.3. The number of fused-ring (bicyclic) bond motifs is 14. The summed E-state index contributed by atoms with van der Waals surface area (Å²) in [6.07, 6.45) is 47.5. The lowest BCUT2D eigenvalue weighted by molar-refractivity contribution is -0.0319. The highest BCUT2D eigenvalue weighted by Crippen LogP contribution is 2.63. The van der Waals surface area contributed by atoms with Gasteiger partial charge in [0.25, 0.3) is 0 Å². The van der Waals surface area contributed by atoms with E-state index in [0.29, 0.717) is 59.6 Å². The Morgan fingerprint density at radius 2 is 0.719 bits per heavy atom. The van der Waals surface area contributed by atoms with E-state index >= 15 is 0 Å².